The number of benzene rings is 1. The predicted octanol–water partition coefficient (Wildman–Crippen LogP) is 2.21. The second-order valence-corrected chi connectivity index (χ2v) is 7.82. The molecule has 0 saturated carbocycles. The fourth-order valence-corrected chi connectivity index (χ4v) is 3.74. The van der Waals surface area contributed by atoms with Gasteiger partial charge in [0.2, 0.25) is 0 Å². The van der Waals surface area contributed by atoms with Gasteiger partial charge < -0.3 is 4.90 Å². The number of carbonyl (C=O) groups is 1. The lowest BCUT2D eigenvalue weighted by Crippen LogP contribution is -2.29. The largest absolute Gasteiger partial charge is 0.337 e. The van der Waals surface area contributed by atoms with Crippen molar-refractivity contribution in [2.75, 3.05) is 17.8 Å². The summed E-state index contributed by atoms with van der Waals surface area (Å²) >= 11 is 3.26. The second kappa shape index (κ2) is 6.32. The highest BCUT2D eigenvalue weighted by atomic mass is 79.9. The first-order valence-corrected chi connectivity index (χ1v) is 9.36. The number of H-pyrrole nitrogens is 1. The van der Waals surface area contributed by atoms with Crippen LogP contribution < -0.4 is 4.72 Å². The first-order chi connectivity index (χ1) is 11.0. The number of rotatable bonds is 4. The van der Waals surface area contributed by atoms with Gasteiger partial charge in [-0.25, -0.2) is 8.42 Å². The smallest absolute Gasteiger partial charge is 0.274 e. The third kappa shape index (κ3) is 3.40. The molecule has 7 nitrogen and oxygen atoms in total. The molecule has 1 aliphatic rings. The summed E-state index contributed by atoms with van der Waals surface area (Å²) in [5.41, 5.74) is 0.317. The first-order valence-electron chi connectivity index (χ1n) is 7.08. The van der Waals surface area contributed by atoms with E-state index in [1.54, 1.807) is 17.0 Å². The van der Waals surface area contributed by atoms with Crippen molar-refractivity contribution < 1.29 is 13.2 Å². The Morgan fingerprint density at radius 1 is 1.22 bits per heavy atom. The summed E-state index contributed by atoms with van der Waals surface area (Å²) in [6, 6.07) is 6.24. The van der Waals surface area contributed by atoms with E-state index in [0.29, 0.717) is 13.1 Å². The van der Waals surface area contributed by atoms with Crippen molar-refractivity contribution in [1.82, 2.24) is 15.1 Å². The normalized spacial score (nSPS) is 14.9. The second-order valence-electron chi connectivity index (χ2n) is 5.22. The van der Waals surface area contributed by atoms with E-state index in [1.165, 1.54) is 18.3 Å². The number of sulfonamides is 1. The summed E-state index contributed by atoms with van der Waals surface area (Å²) in [5.74, 6) is -0.242. The average Bonchev–Trinajstić information content (AvgIpc) is 3.18. The Bertz CT molecular complexity index is 811. The Morgan fingerprint density at radius 2 is 1.87 bits per heavy atom. The predicted molar refractivity (Wildman–Crippen MR) is 88.7 cm³/mol. The average molecular weight is 399 g/mol. The molecule has 0 spiro atoms. The number of amides is 1. The van der Waals surface area contributed by atoms with Crippen molar-refractivity contribution in [3.05, 3.63) is 40.6 Å². The van der Waals surface area contributed by atoms with Crippen molar-refractivity contribution in [2.24, 2.45) is 0 Å². The highest BCUT2D eigenvalue weighted by molar-refractivity contribution is 9.10. The Labute approximate surface area is 142 Å². The third-order valence-electron chi connectivity index (χ3n) is 3.61. The molecule has 23 heavy (non-hydrogen) atoms. The molecule has 2 aromatic rings. The molecule has 0 radical (unpaired) electrons. The van der Waals surface area contributed by atoms with Crippen molar-refractivity contribution in [3.63, 3.8) is 0 Å². The summed E-state index contributed by atoms with van der Waals surface area (Å²) < 4.78 is 28.0. The lowest BCUT2D eigenvalue weighted by Gasteiger charge is -2.15. The highest BCUT2D eigenvalue weighted by Crippen LogP contribution is 2.22. The van der Waals surface area contributed by atoms with Crippen molar-refractivity contribution in [3.8, 4) is 0 Å². The minimum Gasteiger partial charge on any atom is -0.337 e. The Balaban J connectivity index is 1.84. The van der Waals surface area contributed by atoms with Crippen LogP contribution in [0.5, 0.6) is 0 Å². The molecule has 3 rings (SSSR count). The molecular formula is C14H15BrN4O3S. The van der Waals surface area contributed by atoms with E-state index in [4.69, 9.17) is 0 Å². The van der Waals surface area contributed by atoms with Crippen LogP contribution in [0.3, 0.4) is 0 Å². The van der Waals surface area contributed by atoms with Gasteiger partial charge in [0.05, 0.1) is 16.8 Å². The van der Waals surface area contributed by atoms with Crippen LogP contribution in [0.4, 0.5) is 5.69 Å². The molecule has 122 valence electrons. The first kappa shape index (κ1) is 16.0. The minimum absolute atomic E-state index is 0.112. The van der Waals surface area contributed by atoms with Crippen LogP contribution in [0.1, 0.15) is 23.3 Å². The molecule has 2 N–H and O–H groups in total. The molecule has 0 atom stereocenters. The van der Waals surface area contributed by atoms with E-state index >= 15 is 0 Å². The number of aromatic amines is 1. The molecule has 0 unspecified atom stereocenters. The number of halogens is 1. The molecule has 1 aromatic carbocycles. The van der Waals surface area contributed by atoms with Gasteiger partial charge in [-0.05, 0) is 37.1 Å². The fourth-order valence-electron chi connectivity index (χ4n) is 2.42. The zero-order valence-corrected chi connectivity index (χ0v) is 14.5. The van der Waals surface area contributed by atoms with Gasteiger partial charge in [-0.2, -0.15) is 5.10 Å². The van der Waals surface area contributed by atoms with Crippen molar-refractivity contribution in [2.45, 2.75) is 17.7 Å². The number of aromatic nitrogens is 2. The summed E-state index contributed by atoms with van der Waals surface area (Å²) in [4.78, 5) is 14.2. The number of hydrogen-bond acceptors (Lipinski definition) is 4. The van der Waals surface area contributed by atoms with Crippen LogP contribution in [0.15, 0.2) is 39.8 Å². The minimum atomic E-state index is -3.78. The number of nitrogens with one attached hydrogen (secondary N) is 2. The van der Waals surface area contributed by atoms with Crippen molar-refractivity contribution >= 4 is 37.5 Å². The number of nitrogens with zero attached hydrogens (tertiary/aromatic N) is 2. The standard InChI is InChI=1S/C14H15BrN4O3S/c15-10-3-5-11(6-4-10)23(21,22)18-12-9-16-17-13(12)14(20)19-7-1-2-8-19/h3-6,9,18H,1-2,7-8H2,(H,16,17). The number of anilines is 1. The van der Waals surface area contributed by atoms with Gasteiger partial charge in [-0.15, -0.1) is 0 Å². The molecule has 1 saturated heterocycles. The summed E-state index contributed by atoms with van der Waals surface area (Å²) in [5, 5.41) is 6.39. The third-order valence-corrected chi connectivity index (χ3v) is 5.52. The van der Waals surface area contributed by atoms with Crippen LogP contribution >= 0.6 is 15.9 Å². The maximum absolute atomic E-state index is 12.4. The van der Waals surface area contributed by atoms with Crippen molar-refractivity contribution in [1.29, 1.82) is 0 Å². The van der Waals surface area contributed by atoms with Gasteiger partial charge in [0.1, 0.15) is 5.69 Å². The monoisotopic (exact) mass is 398 g/mol. The maximum atomic E-state index is 12.4. The number of hydrogen-bond donors (Lipinski definition) is 2. The summed E-state index contributed by atoms with van der Waals surface area (Å²) in [6.45, 7) is 1.35. The van der Waals surface area contributed by atoms with Crippen LogP contribution in [0.25, 0.3) is 0 Å². The molecule has 0 bridgehead atoms. The molecule has 9 heteroatoms. The van der Waals surface area contributed by atoms with E-state index in [1.807, 2.05) is 0 Å². The zero-order chi connectivity index (χ0) is 16.4. The topological polar surface area (TPSA) is 95.2 Å². The van der Waals surface area contributed by atoms with E-state index in [2.05, 4.69) is 30.8 Å². The van der Waals surface area contributed by atoms with Gasteiger partial charge in [-0.1, -0.05) is 15.9 Å². The van der Waals surface area contributed by atoms with Gasteiger partial charge in [-0.3, -0.25) is 14.6 Å². The van der Waals surface area contributed by atoms with Crippen LogP contribution in [0.2, 0.25) is 0 Å². The SMILES string of the molecule is O=C(c1[nH]ncc1NS(=O)(=O)c1ccc(Br)cc1)N1CCCC1. The van der Waals surface area contributed by atoms with Crippen LogP contribution in [0, 0.1) is 0 Å². The van der Waals surface area contributed by atoms with Gasteiger partial charge in [0.15, 0.2) is 0 Å². The Hall–Kier alpha value is -1.87. The molecule has 2 heterocycles. The number of likely N-dealkylation sites (tertiary alicyclic amines) is 1. The lowest BCUT2D eigenvalue weighted by molar-refractivity contribution is 0.0788. The van der Waals surface area contributed by atoms with E-state index in [0.717, 1.165) is 17.3 Å². The highest BCUT2D eigenvalue weighted by Gasteiger charge is 2.25. The lowest BCUT2D eigenvalue weighted by atomic mass is 10.3. The van der Waals surface area contributed by atoms with E-state index in [-0.39, 0.29) is 22.2 Å². The molecule has 0 aliphatic carbocycles. The van der Waals surface area contributed by atoms with Gasteiger partial charge in [0.25, 0.3) is 15.9 Å². The van der Waals surface area contributed by atoms with E-state index < -0.39 is 10.0 Å². The maximum Gasteiger partial charge on any atom is 0.274 e. The number of carbonyl (C=O) groups excluding carboxylic acids is 1. The molecule has 1 aromatic heterocycles. The molecule has 1 amide bonds. The Morgan fingerprint density at radius 3 is 2.52 bits per heavy atom. The quantitative estimate of drug-likeness (QED) is 0.824. The molecule has 1 fully saturated rings. The Kier molecular flexibility index (Phi) is 4.40. The van der Waals surface area contributed by atoms with Gasteiger partial charge >= 0.3 is 0 Å². The summed E-state index contributed by atoms with van der Waals surface area (Å²) in [6.07, 6.45) is 3.22. The fraction of sp³-hybridized carbons (Fsp3) is 0.286. The molecule has 1 aliphatic heterocycles. The zero-order valence-electron chi connectivity index (χ0n) is 12.1. The van der Waals surface area contributed by atoms with Gasteiger partial charge in [0, 0.05) is 17.6 Å². The van der Waals surface area contributed by atoms with Crippen LogP contribution in [-0.4, -0.2) is 42.5 Å². The van der Waals surface area contributed by atoms with Crippen LogP contribution in [-0.2, 0) is 10.0 Å². The molecular weight excluding hydrogens is 384 g/mol. The summed E-state index contributed by atoms with van der Waals surface area (Å²) in [7, 11) is -3.78. The van der Waals surface area contributed by atoms with E-state index in [9.17, 15) is 13.2 Å².